The lowest BCUT2D eigenvalue weighted by Gasteiger charge is -2.27. The van der Waals surface area contributed by atoms with Gasteiger partial charge < -0.3 is 14.8 Å². The minimum absolute atomic E-state index is 0.0392. The Morgan fingerprint density at radius 2 is 1.93 bits per heavy atom. The summed E-state index contributed by atoms with van der Waals surface area (Å²) in [5.74, 6) is -0.0743. The minimum Gasteiger partial charge on any atom is -0.488 e. The van der Waals surface area contributed by atoms with E-state index >= 15 is 0 Å². The third-order valence-corrected chi connectivity index (χ3v) is 5.23. The number of nitrogens with one attached hydrogen (secondary N) is 1. The van der Waals surface area contributed by atoms with Gasteiger partial charge in [-0.1, -0.05) is 42.5 Å². The van der Waals surface area contributed by atoms with Gasteiger partial charge in [0.15, 0.2) is 6.10 Å². The van der Waals surface area contributed by atoms with Gasteiger partial charge in [0.1, 0.15) is 12.4 Å². The number of carbonyl (C=O) groups is 2. The quantitative estimate of drug-likeness (QED) is 0.827. The molecule has 0 bridgehead atoms. The molecule has 144 valence electrons. The summed E-state index contributed by atoms with van der Waals surface area (Å²) in [6.45, 7) is 1.74. The van der Waals surface area contributed by atoms with Crippen LogP contribution in [-0.2, 0) is 20.7 Å². The molecular weight excluding hydrogens is 354 g/mol. The van der Waals surface area contributed by atoms with E-state index in [9.17, 15) is 9.59 Å². The molecule has 2 aromatic rings. The van der Waals surface area contributed by atoms with Crippen LogP contribution >= 0.6 is 0 Å². The van der Waals surface area contributed by atoms with Crippen LogP contribution in [0.15, 0.2) is 54.1 Å². The maximum Gasteiger partial charge on any atom is 0.338 e. The van der Waals surface area contributed by atoms with Gasteiger partial charge in [0.05, 0.1) is 11.6 Å². The molecule has 5 heteroatoms. The average molecular weight is 377 g/mol. The molecule has 1 heterocycles. The lowest BCUT2D eigenvalue weighted by molar-refractivity contribution is -0.151. The molecule has 0 fully saturated rings. The van der Waals surface area contributed by atoms with Gasteiger partial charge in [0.25, 0.3) is 5.91 Å². The number of hydrogen-bond donors (Lipinski definition) is 1. The SMILES string of the molecule is C[C@H](OC(=O)C1=Cc2ccccc2OC1)C(=O)N[C@@H]1CCCc2ccccc21. The highest BCUT2D eigenvalue weighted by Crippen LogP contribution is 2.30. The Bertz CT molecular complexity index is 934. The van der Waals surface area contributed by atoms with Gasteiger partial charge in [-0.25, -0.2) is 4.79 Å². The maximum atomic E-state index is 12.6. The number of hydrogen-bond acceptors (Lipinski definition) is 4. The van der Waals surface area contributed by atoms with E-state index in [1.165, 1.54) is 5.56 Å². The average Bonchev–Trinajstić information content (AvgIpc) is 2.73. The molecular formula is C23H23NO4. The fourth-order valence-corrected chi connectivity index (χ4v) is 3.72. The van der Waals surface area contributed by atoms with Crippen molar-refractivity contribution in [2.45, 2.75) is 38.3 Å². The van der Waals surface area contributed by atoms with Crippen LogP contribution < -0.4 is 10.1 Å². The highest BCUT2D eigenvalue weighted by Gasteiger charge is 2.27. The zero-order valence-corrected chi connectivity index (χ0v) is 15.8. The van der Waals surface area contributed by atoms with E-state index in [1.54, 1.807) is 13.0 Å². The van der Waals surface area contributed by atoms with Gasteiger partial charge in [-0.05, 0) is 49.5 Å². The second kappa shape index (κ2) is 7.89. The van der Waals surface area contributed by atoms with Crippen LogP contribution in [0.2, 0.25) is 0 Å². The molecule has 2 atom stereocenters. The van der Waals surface area contributed by atoms with Crippen molar-refractivity contribution in [2.24, 2.45) is 0 Å². The Kier molecular flexibility index (Phi) is 5.15. The van der Waals surface area contributed by atoms with Gasteiger partial charge in [-0.15, -0.1) is 0 Å². The normalized spacial score (nSPS) is 18.6. The van der Waals surface area contributed by atoms with E-state index in [2.05, 4.69) is 17.4 Å². The molecule has 0 saturated heterocycles. The summed E-state index contributed by atoms with van der Waals surface area (Å²) in [4.78, 5) is 25.1. The molecule has 1 amide bonds. The van der Waals surface area contributed by atoms with Crippen LogP contribution in [0.4, 0.5) is 0 Å². The maximum absolute atomic E-state index is 12.6. The predicted octanol–water partition coefficient (Wildman–Crippen LogP) is 3.59. The van der Waals surface area contributed by atoms with Crippen LogP contribution in [0.25, 0.3) is 6.08 Å². The Morgan fingerprint density at radius 1 is 1.14 bits per heavy atom. The standard InChI is InChI=1S/C23H23NO4/c1-15(22(25)24-20-11-6-9-16-7-2-4-10-19(16)20)28-23(26)18-13-17-8-3-5-12-21(17)27-14-18/h2-5,7-8,10,12-13,15,20H,6,9,11,14H2,1H3,(H,24,25)/t15-,20+/m0/s1. The first kappa shape index (κ1) is 18.3. The molecule has 5 nitrogen and oxygen atoms in total. The van der Waals surface area contributed by atoms with Crippen molar-refractivity contribution in [1.29, 1.82) is 0 Å². The molecule has 1 aliphatic heterocycles. The smallest absolute Gasteiger partial charge is 0.338 e. The number of aryl methyl sites for hydroxylation is 1. The molecule has 0 aromatic heterocycles. The first-order valence-electron chi connectivity index (χ1n) is 9.63. The number of fused-ring (bicyclic) bond motifs is 2. The Balaban J connectivity index is 1.39. The summed E-state index contributed by atoms with van der Waals surface area (Å²) in [5.41, 5.74) is 3.66. The summed E-state index contributed by atoms with van der Waals surface area (Å²) in [7, 11) is 0. The molecule has 0 saturated carbocycles. The predicted molar refractivity (Wildman–Crippen MR) is 106 cm³/mol. The first-order valence-corrected chi connectivity index (χ1v) is 9.63. The monoisotopic (exact) mass is 377 g/mol. The van der Waals surface area contributed by atoms with E-state index in [4.69, 9.17) is 9.47 Å². The van der Waals surface area contributed by atoms with Gasteiger partial charge in [0, 0.05) is 5.56 Å². The lowest BCUT2D eigenvalue weighted by atomic mass is 9.87. The molecule has 1 N–H and O–H groups in total. The largest absolute Gasteiger partial charge is 0.488 e. The Morgan fingerprint density at radius 3 is 2.82 bits per heavy atom. The number of carbonyl (C=O) groups excluding carboxylic acids is 2. The molecule has 0 radical (unpaired) electrons. The van der Waals surface area contributed by atoms with Crippen molar-refractivity contribution in [2.75, 3.05) is 6.61 Å². The van der Waals surface area contributed by atoms with E-state index in [0.717, 1.165) is 36.1 Å². The number of ether oxygens (including phenoxy) is 2. The summed E-state index contributed by atoms with van der Waals surface area (Å²) in [6.07, 6.45) is 3.82. The van der Waals surface area contributed by atoms with Crippen molar-refractivity contribution in [3.63, 3.8) is 0 Å². The number of esters is 1. The second-order valence-corrected chi connectivity index (χ2v) is 7.20. The Hall–Kier alpha value is -3.08. The second-order valence-electron chi connectivity index (χ2n) is 7.20. The number of rotatable bonds is 4. The third kappa shape index (κ3) is 3.79. The van der Waals surface area contributed by atoms with Crippen molar-refractivity contribution in [3.8, 4) is 5.75 Å². The Labute approximate surface area is 164 Å². The van der Waals surface area contributed by atoms with Crippen molar-refractivity contribution in [3.05, 3.63) is 70.8 Å². The molecule has 2 aromatic carbocycles. The van der Waals surface area contributed by atoms with Crippen LogP contribution in [0, 0.1) is 0 Å². The number of amides is 1. The van der Waals surface area contributed by atoms with Gasteiger partial charge in [0.2, 0.25) is 0 Å². The fraction of sp³-hybridized carbons (Fsp3) is 0.304. The van der Waals surface area contributed by atoms with Crippen LogP contribution in [0.3, 0.4) is 0 Å². The topological polar surface area (TPSA) is 64.6 Å². The number of para-hydroxylation sites is 1. The zero-order valence-electron chi connectivity index (χ0n) is 15.8. The summed E-state index contributed by atoms with van der Waals surface area (Å²) in [5, 5.41) is 3.03. The van der Waals surface area contributed by atoms with Gasteiger partial charge >= 0.3 is 5.97 Å². The van der Waals surface area contributed by atoms with Gasteiger partial charge in [-0.3, -0.25) is 4.79 Å². The fourth-order valence-electron chi connectivity index (χ4n) is 3.72. The highest BCUT2D eigenvalue weighted by atomic mass is 16.6. The molecule has 0 spiro atoms. The van der Waals surface area contributed by atoms with Crippen LogP contribution in [0.5, 0.6) is 5.75 Å². The molecule has 0 unspecified atom stereocenters. The molecule has 4 rings (SSSR count). The van der Waals surface area contributed by atoms with E-state index in [1.807, 2.05) is 36.4 Å². The zero-order chi connectivity index (χ0) is 19.5. The van der Waals surface area contributed by atoms with Crippen molar-refractivity contribution in [1.82, 2.24) is 5.32 Å². The summed E-state index contributed by atoms with van der Waals surface area (Å²) < 4.78 is 11.0. The van der Waals surface area contributed by atoms with E-state index < -0.39 is 12.1 Å². The van der Waals surface area contributed by atoms with Crippen molar-refractivity contribution >= 4 is 18.0 Å². The van der Waals surface area contributed by atoms with Crippen LogP contribution in [-0.4, -0.2) is 24.6 Å². The molecule has 2 aliphatic rings. The lowest BCUT2D eigenvalue weighted by Crippen LogP contribution is -2.39. The first-order chi connectivity index (χ1) is 13.6. The third-order valence-electron chi connectivity index (χ3n) is 5.23. The van der Waals surface area contributed by atoms with Crippen LogP contribution in [0.1, 0.15) is 42.5 Å². The molecule has 28 heavy (non-hydrogen) atoms. The molecule has 1 aliphatic carbocycles. The van der Waals surface area contributed by atoms with E-state index in [0.29, 0.717) is 5.57 Å². The highest BCUT2D eigenvalue weighted by molar-refractivity contribution is 5.96. The van der Waals surface area contributed by atoms with Crippen molar-refractivity contribution < 1.29 is 19.1 Å². The van der Waals surface area contributed by atoms with Gasteiger partial charge in [-0.2, -0.15) is 0 Å². The number of benzene rings is 2. The minimum atomic E-state index is -0.875. The summed E-state index contributed by atoms with van der Waals surface area (Å²) >= 11 is 0. The van der Waals surface area contributed by atoms with E-state index in [-0.39, 0.29) is 18.6 Å². The summed E-state index contributed by atoms with van der Waals surface area (Å²) in [6, 6.07) is 15.6.